The molecule has 0 saturated carbocycles. The van der Waals surface area contributed by atoms with Crippen LogP contribution in [0.15, 0.2) is 0 Å². The summed E-state index contributed by atoms with van der Waals surface area (Å²) in [5, 5.41) is 0. The van der Waals surface area contributed by atoms with E-state index in [2.05, 4.69) is 0 Å². The average molecular weight is 317 g/mol. The maximum atomic E-state index is 12.8. The van der Waals surface area contributed by atoms with Gasteiger partial charge in [-0.15, -0.1) is 0 Å². The van der Waals surface area contributed by atoms with Crippen molar-refractivity contribution in [3.05, 3.63) is 0 Å². The fraction of sp³-hybridized carbons (Fsp3) is 1.00. The molecule has 0 amide bonds. The van der Waals surface area contributed by atoms with Crippen molar-refractivity contribution in [1.82, 2.24) is 0 Å². The Hall–Kier alpha value is 0.260. The van der Waals surface area contributed by atoms with Crippen LogP contribution in [0.3, 0.4) is 0 Å². The van der Waals surface area contributed by atoms with Crippen LogP contribution in [0.25, 0.3) is 0 Å². The van der Waals surface area contributed by atoms with E-state index in [0.29, 0.717) is 0 Å². The van der Waals surface area contributed by atoms with Crippen LogP contribution in [0.2, 0.25) is 0 Å². The third-order valence-corrected chi connectivity index (χ3v) is 8.25. The van der Waals surface area contributed by atoms with Crippen LogP contribution >= 0.6 is 15.2 Å². The van der Waals surface area contributed by atoms with Crippen LogP contribution < -0.4 is 4.89 Å². The van der Waals surface area contributed by atoms with Crippen molar-refractivity contribution in [3.63, 3.8) is 0 Å². The summed E-state index contributed by atoms with van der Waals surface area (Å²) in [4.78, 5) is 12.2. The van der Waals surface area contributed by atoms with Gasteiger partial charge in [0.25, 0.3) is 5.52 Å². The maximum absolute atomic E-state index is 12.8. The number of nitrogens with zero attached hydrogens (tertiary/aromatic N) is 1. The summed E-state index contributed by atoms with van der Waals surface area (Å²) in [6.45, 7) is 5.00. The van der Waals surface area contributed by atoms with Crippen LogP contribution in [-0.2, 0) is 22.7 Å². The van der Waals surface area contributed by atoms with Crippen molar-refractivity contribution < 1.29 is 32.1 Å². The van der Waals surface area contributed by atoms with Gasteiger partial charge >= 0.3 is 7.60 Å². The Morgan fingerprint density at radius 2 is 1.32 bits per heavy atom. The molecule has 0 heterocycles. The highest BCUT2D eigenvalue weighted by Gasteiger charge is 2.52. The number of quaternary nitrogens is 1. The zero-order valence-electron chi connectivity index (χ0n) is 12.5. The Bertz CT molecular complexity index is 358. The fourth-order valence-corrected chi connectivity index (χ4v) is 7.04. The summed E-state index contributed by atoms with van der Waals surface area (Å²) in [5.74, 6) is 0. The Kier molecular flexibility index (Phi) is 7.42. The molecule has 2 atom stereocenters. The van der Waals surface area contributed by atoms with E-state index < -0.39 is 20.7 Å². The molecule has 2 unspecified atom stereocenters. The van der Waals surface area contributed by atoms with Gasteiger partial charge in [-0.1, -0.05) is 0 Å². The second-order valence-corrected chi connectivity index (χ2v) is 9.12. The van der Waals surface area contributed by atoms with Gasteiger partial charge < -0.3 is 27.5 Å². The highest BCUT2D eigenvalue weighted by Crippen LogP contribution is 2.68. The zero-order valence-corrected chi connectivity index (χ0v) is 14.3. The maximum Gasteiger partial charge on any atom is 0.396 e. The van der Waals surface area contributed by atoms with Crippen molar-refractivity contribution in [1.29, 1.82) is 0 Å². The van der Waals surface area contributed by atoms with Crippen molar-refractivity contribution in [2.45, 2.75) is 26.3 Å². The summed E-state index contributed by atoms with van der Waals surface area (Å²) in [6, 6.07) is 0. The van der Waals surface area contributed by atoms with E-state index in [1.54, 1.807) is 41.9 Å². The Morgan fingerprint density at radius 3 is 1.58 bits per heavy atom. The van der Waals surface area contributed by atoms with E-state index in [1.165, 1.54) is 0 Å². The molecule has 0 saturated heterocycles. The summed E-state index contributed by atoms with van der Waals surface area (Å²) in [7, 11) is -3.40. The van der Waals surface area contributed by atoms with Crippen molar-refractivity contribution in [3.8, 4) is 0 Å². The second-order valence-electron chi connectivity index (χ2n) is 4.80. The molecule has 0 rings (SSSR count). The molecular weight excluding hydrogens is 292 g/mol. The van der Waals surface area contributed by atoms with Gasteiger partial charge in [0.05, 0.1) is 41.0 Å². The Labute approximate surface area is 115 Å². The summed E-state index contributed by atoms with van der Waals surface area (Å²) in [6.07, 6.45) is 0. The molecule has 0 spiro atoms. The average Bonchev–Trinajstić information content (AvgIpc) is 2.13. The smallest absolute Gasteiger partial charge is 0.396 e. The highest BCUT2D eigenvalue weighted by molar-refractivity contribution is 7.71. The van der Waals surface area contributed by atoms with Crippen molar-refractivity contribution in [2.24, 2.45) is 0 Å². The second kappa shape index (κ2) is 7.32. The van der Waals surface area contributed by atoms with E-state index in [9.17, 15) is 14.0 Å². The van der Waals surface area contributed by atoms with Gasteiger partial charge in [0.1, 0.15) is 0 Å². The molecule has 0 fully saturated rings. The van der Waals surface area contributed by atoms with Gasteiger partial charge in [-0.25, -0.2) is 0 Å². The van der Waals surface area contributed by atoms with Crippen LogP contribution in [0, 0.1) is 0 Å². The normalized spacial score (nSPS) is 18.1. The lowest BCUT2D eigenvalue weighted by Gasteiger charge is -2.42. The minimum atomic E-state index is -4.40. The van der Waals surface area contributed by atoms with E-state index in [0.717, 1.165) is 0 Å². The largest absolute Gasteiger partial charge is 0.774 e. The Morgan fingerprint density at radius 1 is 0.947 bits per heavy atom. The molecular formula is C10H25NO6P2. The third kappa shape index (κ3) is 5.27. The lowest BCUT2D eigenvalue weighted by Crippen LogP contribution is -2.47. The first-order chi connectivity index (χ1) is 8.55. The molecule has 0 aromatic rings. The highest BCUT2D eigenvalue weighted by atomic mass is 31.2. The monoisotopic (exact) mass is 317 g/mol. The van der Waals surface area contributed by atoms with Gasteiger partial charge in [-0.05, 0) is 20.8 Å². The first-order valence-electron chi connectivity index (χ1n) is 6.20. The molecule has 19 heavy (non-hydrogen) atoms. The minimum absolute atomic E-state index is 0.0183. The molecule has 0 bridgehead atoms. The zero-order chi connectivity index (χ0) is 15.3. The number of rotatable bonds is 9. The first-order valence-corrected chi connectivity index (χ1v) is 9.42. The SMILES string of the molecule is CCOP(=O)([O-])C([N+](C)(C)C)P(=O)(OCC)OCC. The van der Waals surface area contributed by atoms with Crippen LogP contribution in [0.1, 0.15) is 20.8 Å². The first kappa shape index (κ1) is 19.3. The molecule has 0 aromatic carbocycles. The predicted molar refractivity (Wildman–Crippen MR) is 71.9 cm³/mol. The van der Waals surface area contributed by atoms with Crippen molar-refractivity contribution >= 4 is 15.2 Å². The Balaban J connectivity index is 5.70. The van der Waals surface area contributed by atoms with E-state index in [1.807, 2.05) is 0 Å². The van der Waals surface area contributed by atoms with Gasteiger partial charge in [-0.2, -0.15) is 0 Å². The molecule has 0 N–H and O–H groups in total. The van der Waals surface area contributed by atoms with Crippen LogP contribution in [0.5, 0.6) is 0 Å². The summed E-state index contributed by atoms with van der Waals surface area (Å²) in [5.41, 5.74) is -1.39. The van der Waals surface area contributed by atoms with Crippen LogP contribution in [-0.4, -0.2) is 51.0 Å². The molecule has 0 aliphatic heterocycles. The number of hydrogen-bond acceptors (Lipinski definition) is 6. The molecule has 9 heteroatoms. The molecule has 0 aliphatic carbocycles. The lowest BCUT2D eigenvalue weighted by molar-refractivity contribution is -0.872. The van der Waals surface area contributed by atoms with Gasteiger partial charge in [0.15, 0.2) is 0 Å². The van der Waals surface area contributed by atoms with E-state index in [-0.39, 0.29) is 24.3 Å². The van der Waals surface area contributed by atoms with Crippen LogP contribution in [0.4, 0.5) is 0 Å². The summed E-state index contributed by atoms with van der Waals surface area (Å²) < 4.78 is 40.0. The molecule has 0 aromatic heterocycles. The van der Waals surface area contributed by atoms with E-state index in [4.69, 9.17) is 13.6 Å². The predicted octanol–water partition coefficient (Wildman–Crippen LogP) is 1.83. The molecule has 7 nitrogen and oxygen atoms in total. The third-order valence-electron chi connectivity index (χ3n) is 2.19. The standard InChI is InChI=1S/C10H25NO6P2/c1-7-15-18(12,13)10(11(4,5)6)19(14,16-8-2)17-9-3/h10H,7-9H2,1-6H3. The fourth-order valence-electron chi connectivity index (χ4n) is 1.80. The lowest BCUT2D eigenvalue weighted by atomic mass is 10.8. The summed E-state index contributed by atoms with van der Waals surface area (Å²) >= 11 is 0. The van der Waals surface area contributed by atoms with E-state index >= 15 is 0 Å². The molecule has 0 radical (unpaired) electrons. The topological polar surface area (TPSA) is 84.9 Å². The van der Waals surface area contributed by atoms with Gasteiger partial charge in [-0.3, -0.25) is 4.57 Å². The number of hydrogen-bond donors (Lipinski definition) is 0. The molecule has 116 valence electrons. The van der Waals surface area contributed by atoms with Gasteiger partial charge in [0.2, 0.25) is 7.60 Å². The van der Waals surface area contributed by atoms with Gasteiger partial charge in [0, 0.05) is 0 Å². The molecule has 0 aliphatic rings. The quantitative estimate of drug-likeness (QED) is 0.476. The minimum Gasteiger partial charge on any atom is -0.774 e. The van der Waals surface area contributed by atoms with Crippen molar-refractivity contribution in [2.75, 3.05) is 41.0 Å².